The second-order valence-corrected chi connectivity index (χ2v) is 5.38. The van der Waals surface area contributed by atoms with Crippen molar-refractivity contribution < 1.29 is 4.74 Å². The molecule has 3 rings (SSSR count). The first-order valence-corrected chi connectivity index (χ1v) is 7.61. The van der Waals surface area contributed by atoms with Gasteiger partial charge in [0.05, 0.1) is 0 Å². The second-order valence-electron chi connectivity index (χ2n) is 5.38. The summed E-state index contributed by atoms with van der Waals surface area (Å²) in [6.07, 6.45) is 6.80. The van der Waals surface area contributed by atoms with Gasteiger partial charge < -0.3 is 10.1 Å². The summed E-state index contributed by atoms with van der Waals surface area (Å²) in [6.45, 7) is 2.12. The fraction of sp³-hybridized carbons (Fsp3) is 0.263. The minimum absolute atomic E-state index is 0.358. The molecule has 2 heteroatoms. The number of hydrogen-bond donors (Lipinski definition) is 1. The zero-order chi connectivity index (χ0) is 14.3. The summed E-state index contributed by atoms with van der Waals surface area (Å²) in [7, 11) is 0. The van der Waals surface area contributed by atoms with Crippen LogP contribution < -0.4 is 10.1 Å². The van der Waals surface area contributed by atoms with Crippen LogP contribution in [0.2, 0.25) is 0 Å². The molecule has 0 amide bonds. The summed E-state index contributed by atoms with van der Waals surface area (Å²) >= 11 is 0. The maximum Gasteiger partial charge on any atom is 0.119 e. The molecular formula is C19H21NO. The zero-order valence-electron chi connectivity index (χ0n) is 12.2. The van der Waals surface area contributed by atoms with Gasteiger partial charge in [-0.15, -0.1) is 0 Å². The van der Waals surface area contributed by atoms with Crippen molar-refractivity contribution in [2.24, 2.45) is 0 Å². The summed E-state index contributed by atoms with van der Waals surface area (Å²) in [6, 6.07) is 18.7. The van der Waals surface area contributed by atoms with E-state index in [1.54, 1.807) is 0 Å². The van der Waals surface area contributed by atoms with Crippen LogP contribution in [-0.2, 0) is 0 Å². The van der Waals surface area contributed by atoms with E-state index in [0.29, 0.717) is 6.10 Å². The van der Waals surface area contributed by atoms with Crippen molar-refractivity contribution in [1.82, 2.24) is 5.32 Å². The highest BCUT2D eigenvalue weighted by Crippen LogP contribution is 2.18. The van der Waals surface area contributed by atoms with Crippen LogP contribution in [0.1, 0.15) is 24.0 Å². The van der Waals surface area contributed by atoms with E-state index in [4.69, 9.17) is 4.74 Å². The Hall–Kier alpha value is -2.06. The molecular weight excluding hydrogens is 258 g/mol. The van der Waals surface area contributed by atoms with E-state index in [0.717, 1.165) is 31.7 Å². The first kappa shape index (κ1) is 13.9. The molecule has 1 N–H and O–H groups in total. The van der Waals surface area contributed by atoms with Crippen molar-refractivity contribution in [2.75, 3.05) is 13.1 Å². The molecule has 1 aliphatic rings. The average molecular weight is 279 g/mol. The minimum atomic E-state index is 0.358. The number of benzene rings is 2. The molecule has 0 aromatic heterocycles. The SMILES string of the molecule is C(=Cc1ccc(OC2CCNCC2)cc1)c1ccccc1. The Balaban J connectivity index is 1.60. The van der Waals surface area contributed by atoms with Crippen LogP contribution in [0.4, 0.5) is 0 Å². The molecule has 2 aromatic carbocycles. The molecule has 0 unspecified atom stereocenters. The first-order chi connectivity index (χ1) is 10.4. The molecule has 0 atom stereocenters. The fourth-order valence-corrected chi connectivity index (χ4v) is 2.52. The van der Waals surface area contributed by atoms with E-state index in [2.05, 4.69) is 66.0 Å². The third kappa shape index (κ3) is 4.20. The van der Waals surface area contributed by atoms with Gasteiger partial charge in [0.2, 0.25) is 0 Å². The summed E-state index contributed by atoms with van der Waals surface area (Å²) in [4.78, 5) is 0. The molecule has 108 valence electrons. The van der Waals surface area contributed by atoms with E-state index in [1.165, 1.54) is 11.1 Å². The Kier molecular flexibility index (Phi) is 4.70. The topological polar surface area (TPSA) is 21.3 Å². The second kappa shape index (κ2) is 7.09. The first-order valence-electron chi connectivity index (χ1n) is 7.61. The molecule has 0 aliphatic carbocycles. The van der Waals surface area contributed by atoms with E-state index in [9.17, 15) is 0 Å². The van der Waals surface area contributed by atoms with Gasteiger partial charge >= 0.3 is 0 Å². The van der Waals surface area contributed by atoms with Crippen molar-refractivity contribution in [3.63, 3.8) is 0 Å². The molecule has 21 heavy (non-hydrogen) atoms. The van der Waals surface area contributed by atoms with Crippen LogP contribution in [0.15, 0.2) is 54.6 Å². The van der Waals surface area contributed by atoms with Crippen LogP contribution >= 0.6 is 0 Å². The lowest BCUT2D eigenvalue weighted by Crippen LogP contribution is -2.34. The van der Waals surface area contributed by atoms with Gasteiger partial charge in [-0.2, -0.15) is 0 Å². The highest BCUT2D eigenvalue weighted by molar-refractivity contribution is 5.69. The van der Waals surface area contributed by atoms with Gasteiger partial charge in [-0.1, -0.05) is 54.6 Å². The highest BCUT2D eigenvalue weighted by atomic mass is 16.5. The zero-order valence-corrected chi connectivity index (χ0v) is 12.2. The molecule has 1 aliphatic heterocycles. The van der Waals surface area contributed by atoms with Gasteiger partial charge in [0.15, 0.2) is 0 Å². The van der Waals surface area contributed by atoms with Crippen molar-refractivity contribution in [3.8, 4) is 5.75 Å². The van der Waals surface area contributed by atoms with Crippen molar-refractivity contribution in [2.45, 2.75) is 18.9 Å². The summed E-state index contributed by atoms with van der Waals surface area (Å²) < 4.78 is 6.01. The Labute approximate surface area is 126 Å². The normalized spacial score (nSPS) is 16.2. The lowest BCUT2D eigenvalue weighted by atomic mass is 10.1. The van der Waals surface area contributed by atoms with Crippen molar-refractivity contribution >= 4 is 12.2 Å². The molecule has 1 fully saturated rings. The van der Waals surface area contributed by atoms with Crippen LogP contribution in [0, 0.1) is 0 Å². The number of nitrogens with one attached hydrogen (secondary N) is 1. The predicted molar refractivity (Wildman–Crippen MR) is 88.3 cm³/mol. The third-order valence-electron chi connectivity index (χ3n) is 3.74. The molecule has 2 aromatic rings. The Morgan fingerprint density at radius 2 is 1.43 bits per heavy atom. The molecule has 1 saturated heterocycles. The molecule has 0 spiro atoms. The number of hydrogen-bond acceptors (Lipinski definition) is 2. The highest BCUT2D eigenvalue weighted by Gasteiger charge is 2.13. The third-order valence-corrected chi connectivity index (χ3v) is 3.74. The Morgan fingerprint density at radius 1 is 0.810 bits per heavy atom. The van der Waals surface area contributed by atoms with E-state index < -0.39 is 0 Å². The van der Waals surface area contributed by atoms with E-state index in [-0.39, 0.29) is 0 Å². The standard InChI is InChI=1S/C19H21NO/c1-2-4-16(5-3-1)6-7-17-8-10-18(11-9-17)21-19-12-14-20-15-13-19/h1-11,19-20H,12-15H2. The maximum atomic E-state index is 6.01. The van der Waals surface area contributed by atoms with E-state index in [1.807, 2.05) is 6.07 Å². The van der Waals surface area contributed by atoms with Gasteiger partial charge in [0, 0.05) is 0 Å². The molecule has 1 heterocycles. The fourth-order valence-electron chi connectivity index (χ4n) is 2.52. The van der Waals surface area contributed by atoms with Crippen LogP contribution in [0.5, 0.6) is 5.75 Å². The minimum Gasteiger partial charge on any atom is -0.490 e. The Bertz CT molecular complexity index is 568. The van der Waals surface area contributed by atoms with Crippen LogP contribution in [-0.4, -0.2) is 19.2 Å². The Morgan fingerprint density at radius 3 is 2.10 bits per heavy atom. The molecule has 0 bridgehead atoms. The van der Waals surface area contributed by atoms with Gasteiger partial charge in [0.1, 0.15) is 11.9 Å². The van der Waals surface area contributed by atoms with Gasteiger partial charge in [-0.25, -0.2) is 0 Å². The van der Waals surface area contributed by atoms with E-state index >= 15 is 0 Å². The van der Waals surface area contributed by atoms with Gasteiger partial charge in [-0.3, -0.25) is 0 Å². The predicted octanol–water partition coefficient (Wildman–Crippen LogP) is 3.99. The van der Waals surface area contributed by atoms with Crippen molar-refractivity contribution in [3.05, 3.63) is 65.7 Å². The number of ether oxygens (including phenoxy) is 1. The monoisotopic (exact) mass is 279 g/mol. The van der Waals surface area contributed by atoms with Crippen LogP contribution in [0.25, 0.3) is 12.2 Å². The average Bonchev–Trinajstić information content (AvgIpc) is 2.56. The number of piperidine rings is 1. The van der Waals surface area contributed by atoms with Crippen LogP contribution in [0.3, 0.4) is 0 Å². The van der Waals surface area contributed by atoms with Gasteiger partial charge in [0.25, 0.3) is 0 Å². The lowest BCUT2D eigenvalue weighted by molar-refractivity contribution is 0.162. The maximum absolute atomic E-state index is 6.01. The molecule has 0 saturated carbocycles. The van der Waals surface area contributed by atoms with Gasteiger partial charge in [-0.05, 0) is 49.2 Å². The smallest absolute Gasteiger partial charge is 0.119 e. The molecule has 0 radical (unpaired) electrons. The lowest BCUT2D eigenvalue weighted by Gasteiger charge is -2.23. The summed E-state index contributed by atoms with van der Waals surface area (Å²) in [5, 5.41) is 3.35. The van der Waals surface area contributed by atoms with Crippen molar-refractivity contribution in [1.29, 1.82) is 0 Å². The quantitative estimate of drug-likeness (QED) is 0.855. The number of rotatable bonds is 4. The summed E-state index contributed by atoms with van der Waals surface area (Å²) in [5.74, 6) is 0.971. The largest absolute Gasteiger partial charge is 0.490 e. The summed E-state index contributed by atoms with van der Waals surface area (Å²) in [5.41, 5.74) is 2.41. The molecule has 2 nitrogen and oxygen atoms in total.